The number of aryl methyl sites for hydroxylation is 1. The number of nitrogens with zero attached hydrogens (tertiary/aromatic N) is 2. The highest BCUT2D eigenvalue weighted by atomic mass is 16.5. The number of carbonyl (C=O) groups excluding carboxylic acids is 1. The largest absolute Gasteiger partial charge is 0.508 e. The first-order valence-electron chi connectivity index (χ1n) is 13.9. The van der Waals surface area contributed by atoms with Crippen LogP contribution in [-0.2, 0) is 21.4 Å². The number of phenols is 1. The Morgan fingerprint density at radius 3 is 2.73 bits per heavy atom. The van der Waals surface area contributed by atoms with Crippen molar-refractivity contribution in [3.63, 3.8) is 0 Å². The molecule has 1 aliphatic heterocycles. The minimum absolute atomic E-state index is 0.0508. The maximum Gasteiger partial charge on any atom is 0.222 e. The third-order valence-electron chi connectivity index (χ3n) is 8.84. The fraction of sp³-hybridized carbons (Fsp3) is 0.531. The van der Waals surface area contributed by atoms with Crippen LogP contribution in [0.3, 0.4) is 0 Å². The second-order valence-corrected chi connectivity index (χ2v) is 11.0. The molecule has 4 rings (SSSR count). The van der Waals surface area contributed by atoms with Gasteiger partial charge >= 0.3 is 0 Å². The molecule has 1 saturated carbocycles. The van der Waals surface area contributed by atoms with Crippen LogP contribution >= 0.6 is 0 Å². The number of amides is 1. The standard InChI is InChI=1S/C32H44N2O3/c1-4-19-34-20-18-32(26-15-11-16-28(35)21-26)23-27(22-30(37-3)29(32)24-34)33(2)31(36)17-10-6-9-14-25-12-7-5-8-13-25/h4-5,7-8,11-13,15-16,21,27,29-30,35H,1,6,9-10,14,17-20,22-24H2,2-3H3/t27-,29+,30?,32+/m1/s1. The summed E-state index contributed by atoms with van der Waals surface area (Å²) in [6.45, 7) is 6.72. The SMILES string of the molecule is C=CCN1CC[C@@]2(c3cccc(O)c3)C[C@H](N(C)C(=O)CCCCCc3ccccc3)CC(OC)[C@@H]2C1. The van der Waals surface area contributed by atoms with Crippen molar-refractivity contribution >= 4 is 5.91 Å². The van der Waals surface area contributed by atoms with Crippen molar-refractivity contribution in [2.45, 2.75) is 68.9 Å². The van der Waals surface area contributed by atoms with Gasteiger partial charge in [0, 0.05) is 51.0 Å². The number of hydrogen-bond donors (Lipinski definition) is 1. The van der Waals surface area contributed by atoms with Gasteiger partial charge < -0.3 is 14.7 Å². The van der Waals surface area contributed by atoms with E-state index in [0.717, 1.165) is 64.6 Å². The lowest BCUT2D eigenvalue weighted by atomic mass is 9.56. The normalized spacial score (nSPS) is 25.8. The minimum atomic E-state index is -0.135. The van der Waals surface area contributed by atoms with E-state index >= 15 is 0 Å². The van der Waals surface area contributed by atoms with Gasteiger partial charge in [0.25, 0.3) is 0 Å². The number of benzene rings is 2. The van der Waals surface area contributed by atoms with E-state index in [0.29, 0.717) is 18.1 Å². The molecule has 1 unspecified atom stereocenters. The molecule has 4 atom stereocenters. The van der Waals surface area contributed by atoms with Gasteiger partial charge in [-0.15, -0.1) is 6.58 Å². The van der Waals surface area contributed by atoms with E-state index in [9.17, 15) is 9.90 Å². The zero-order valence-corrected chi connectivity index (χ0v) is 22.6. The predicted octanol–water partition coefficient (Wildman–Crippen LogP) is 5.58. The Kier molecular flexibility index (Phi) is 9.44. The lowest BCUT2D eigenvalue weighted by Gasteiger charge is -2.56. The average Bonchev–Trinajstić information content (AvgIpc) is 2.92. The lowest BCUT2D eigenvalue weighted by Crippen LogP contribution is -2.61. The Morgan fingerprint density at radius 2 is 2.00 bits per heavy atom. The number of rotatable bonds is 11. The quantitative estimate of drug-likeness (QED) is 0.321. The van der Waals surface area contributed by atoms with Gasteiger partial charge in [0.05, 0.1) is 6.10 Å². The van der Waals surface area contributed by atoms with Gasteiger partial charge in [0.2, 0.25) is 5.91 Å². The number of likely N-dealkylation sites (tertiary alicyclic amines) is 1. The third-order valence-corrected chi connectivity index (χ3v) is 8.84. The molecule has 37 heavy (non-hydrogen) atoms. The molecule has 5 heteroatoms. The zero-order valence-electron chi connectivity index (χ0n) is 22.6. The molecule has 2 aromatic carbocycles. The van der Waals surface area contributed by atoms with Crippen LogP contribution in [0.25, 0.3) is 0 Å². The van der Waals surface area contributed by atoms with Gasteiger partial charge in [0.15, 0.2) is 0 Å². The van der Waals surface area contributed by atoms with Crippen LogP contribution in [0, 0.1) is 5.92 Å². The van der Waals surface area contributed by atoms with Gasteiger partial charge in [-0.05, 0) is 68.3 Å². The van der Waals surface area contributed by atoms with E-state index in [2.05, 4.69) is 47.9 Å². The molecule has 0 bridgehead atoms. The molecule has 2 aliphatic rings. The molecule has 200 valence electrons. The zero-order chi connectivity index (χ0) is 26.3. The van der Waals surface area contributed by atoms with E-state index in [1.165, 1.54) is 11.1 Å². The summed E-state index contributed by atoms with van der Waals surface area (Å²) in [6, 6.07) is 18.5. The van der Waals surface area contributed by atoms with Crippen molar-refractivity contribution in [3.05, 3.63) is 78.4 Å². The number of carbonyl (C=O) groups is 1. The van der Waals surface area contributed by atoms with Crippen molar-refractivity contribution < 1.29 is 14.6 Å². The van der Waals surface area contributed by atoms with Crippen molar-refractivity contribution in [1.29, 1.82) is 0 Å². The molecule has 1 saturated heterocycles. The van der Waals surface area contributed by atoms with Crippen molar-refractivity contribution in [2.24, 2.45) is 5.92 Å². The highest BCUT2D eigenvalue weighted by Gasteiger charge is 2.53. The Labute approximate surface area is 223 Å². The molecule has 1 heterocycles. The Morgan fingerprint density at radius 1 is 1.19 bits per heavy atom. The summed E-state index contributed by atoms with van der Waals surface area (Å²) < 4.78 is 6.13. The topological polar surface area (TPSA) is 53.0 Å². The van der Waals surface area contributed by atoms with Crippen LogP contribution in [0.15, 0.2) is 67.3 Å². The van der Waals surface area contributed by atoms with Gasteiger partial charge in [-0.25, -0.2) is 0 Å². The highest BCUT2D eigenvalue weighted by molar-refractivity contribution is 5.76. The molecule has 2 fully saturated rings. The van der Waals surface area contributed by atoms with Gasteiger partial charge in [-0.2, -0.15) is 0 Å². The summed E-state index contributed by atoms with van der Waals surface area (Å²) >= 11 is 0. The summed E-state index contributed by atoms with van der Waals surface area (Å²) in [7, 11) is 3.79. The summed E-state index contributed by atoms with van der Waals surface area (Å²) in [4.78, 5) is 17.7. The van der Waals surface area contributed by atoms with E-state index in [-0.39, 0.29) is 23.5 Å². The lowest BCUT2D eigenvalue weighted by molar-refractivity contribution is -0.137. The van der Waals surface area contributed by atoms with E-state index in [1.54, 1.807) is 13.2 Å². The van der Waals surface area contributed by atoms with Crippen LogP contribution in [0.1, 0.15) is 56.1 Å². The van der Waals surface area contributed by atoms with Crippen LogP contribution in [0.4, 0.5) is 0 Å². The Bertz CT molecular complexity index is 1030. The van der Waals surface area contributed by atoms with Gasteiger partial charge in [-0.1, -0.05) is 55.0 Å². The van der Waals surface area contributed by atoms with E-state index in [4.69, 9.17) is 4.74 Å². The molecular formula is C32H44N2O3. The Hall–Kier alpha value is -2.63. The molecule has 5 nitrogen and oxygen atoms in total. The maximum atomic E-state index is 13.3. The fourth-order valence-electron chi connectivity index (χ4n) is 6.75. The monoisotopic (exact) mass is 504 g/mol. The second-order valence-electron chi connectivity index (χ2n) is 11.0. The summed E-state index contributed by atoms with van der Waals surface area (Å²) in [6.07, 6.45) is 9.51. The van der Waals surface area contributed by atoms with E-state index in [1.807, 2.05) is 30.2 Å². The first-order valence-corrected chi connectivity index (χ1v) is 13.9. The smallest absolute Gasteiger partial charge is 0.222 e. The van der Waals surface area contributed by atoms with Crippen molar-refractivity contribution in [3.8, 4) is 5.75 Å². The fourth-order valence-corrected chi connectivity index (χ4v) is 6.75. The molecule has 0 radical (unpaired) electrons. The first kappa shape index (κ1) is 27.4. The number of aromatic hydroxyl groups is 1. The number of phenolic OH excluding ortho intramolecular Hbond substituents is 1. The van der Waals surface area contributed by atoms with E-state index < -0.39 is 0 Å². The highest BCUT2D eigenvalue weighted by Crippen LogP contribution is 2.51. The predicted molar refractivity (Wildman–Crippen MR) is 150 cm³/mol. The summed E-state index contributed by atoms with van der Waals surface area (Å²) in [5.41, 5.74) is 2.40. The molecule has 1 amide bonds. The number of piperidine rings is 1. The number of ether oxygens (including phenoxy) is 1. The molecule has 1 N–H and O–H groups in total. The number of hydrogen-bond acceptors (Lipinski definition) is 4. The van der Waals surface area contributed by atoms with Crippen LogP contribution in [0.2, 0.25) is 0 Å². The summed E-state index contributed by atoms with van der Waals surface area (Å²) in [5.74, 6) is 0.828. The third kappa shape index (κ3) is 6.45. The number of methoxy groups -OCH3 is 1. The first-order chi connectivity index (χ1) is 18.0. The van der Waals surface area contributed by atoms with Crippen LogP contribution in [0.5, 0.6) is 5.75 Å². The average molecular weight is 505 g/mol. The summed E-state index contributed by atoms with van der Waals surface area (Å²) in [5, 5.41) is 10.3. The van der Waals surface area contributed by atoms with Crippen LogP contribution in [-0.4, -0.2) is 66.8 Å². The van der Waals surface area contributed by atoms with Crippen molar-refractivity contribution in [1.82, 2.24) is 9.80 Å². The maximum absolute atomic E-state index is 13.3. The molecular weight excluding hydrogens is 460 g/mol. The second kappa shape index (κ2) is 12.7. The van der Waals surface area contributed by atoms with Crippen molar-refractivity contribution in [2.75, 3.05) is 33.8 Å². The molecule has 2 aromatic rings. The van der Waals surface area contributed by atoms with Gasteiger partial charge in [0.1, 0.15) is 5.75 Å². The van der Waals surface area contributed by atoms with Gasteiger partial charge in [-0.3, -0.25) is 9.69 Å². The Balaban J connectivity index is 1.44. The number of unbranched alkanes of at least 4 members (excludes halogenated alkanes) is 2. The minimum Gasteiger partial charge on any atom is -0.508 e. The molecule has 1 aliphatic carbocycles. The van der Waals surface area contributed by atoms with Crippen LogP contribution < -0.4 is 0 Å². The molecule has 0 aromatic heterocycles. The number of fused-ring (bicyclic) bond motifs is 1. The molecule has 0 spiro atoms.